The van der Waals surface area contributed by atoms with Crippen LogP contribution in [0.25, 0.3) is 0 Å². The summed E-state index contributed by atoms with van der Waals surface area (Å²) in [4.78, 5) is 25.9. The summed E-state index contributed by atoms with van der Waals surface area (Å²) in [6.07, 6.45) is 5.27. The second-order valence-electron chi connectivity index (χ2n) is 9.42. The summed E-state index contributed by atoms with van der Waals surface area (Å²) in [5.41, 5.74) is 0.814. The lowest BCUT2D eigenvalue weighted by Gasteiger charge is -2.50. The van der Waals surface area contributed by atoms with Crippen molar-refractivity contribution < 1.29 is 19.1 Å². The fourth-order valence-corrected chi connectivity index (χ4v) is 5.33. The first-order valence-electron chi connectivity index (χ1n) is 11.3. The van der Waals surface area contributed by atoms with Crippen molar-refractivity contribution in [2.75, 3.05) is 13.1 Å². The van der Waals surface area contributed by atoms with E-state index >= 15 is 0 Å². The van der Waals surface area contributed by atoms with Gasteiger partial charge >= 0.3 is 0 Å². The molecule has 2 fully saturated rings. The highest BCUT2D eigenvalue weighted by Gasteiger charge is 2.53. The molecule has 6 heteroatoms. The summed E-state index contributed by atoms with van der Waals surface area (Å²) in [6.45, 7) is 7.27. The highest BCUT2D eigenvalue weighted by atomic mass is 16.5. The lowest BCUT2D eigenvalue weighted by atomic mass is 9.74. The van der Waals surface area contributed by atoms with E-state index in [0.717, 1.165) is 50.0 Å². The minimum Gasteiger partial charge on any atom is -0.487 e. The number of nitrogens with one attached hydrogen (secondary N) is 1. The number of hydrogen-bond donors (Lipinski definition) is 1. The van der Waals surface area contributed by atoms with Crippen LogP contribution in [0.4, 0.5) is 0 Å². The maximum Gasteiger partial charge on any atom is 0.222 e. The van der Waals surface area contributed by atoms with Crippen LogP contribution in [0.2, 0.25) is 0 Å². The number of nitrogens with zero attached hydrogens (tertiary/aromatic N) is 1. The first kappa shape index (κ1) is 21.2. The Morgan fingerprint density at radius 1 is 1.20 bits per heavy atom. The zero-order chi connectivity index (χ0) is 21.3. The number of benzene rings is 1. The quantitative estimate of drug-likeness (QED) is 0.722. The Labute approximate surface area is 179 Å². The van der Waals surface area contributed by atoms with Crippen molar-refractivity contribution in [1.29, 1.82) is 0 Å². The molecular formula is C24H34N2O4. The fraction of sp³-hybridized carbons (Fsp3) is 0.667. The fourth-order valence-electron chi connectivity index (χ4n) is 5.33. The van der Waals surface area contributed by atoms with Crippen LogP contribution in [0.5, 0.6) is 5.75 Å². The van der Waals surface area contributed by atoms with Crippen LogP contribution in [0, 0.1) is 5.92 Å². The van der Waals surface area contributed by atoms with Crippen molar-refractivity contribution in [3.8, 4) is 5.75 Å². The van der Waals surface area contributed by atoms with Gasteiger partial charge in [0.25, 0.3) is 0 Å². The van der Waals surface area contributed by atoms with Crippen molar-refractivity contribution in [2.24, 2.45) is 5.92 Å². The molecule has 6 nitrogen and oxygen atoms in total. The van der Waals surface area contributed by atoms with E-state index < -0.39 is 0 Å². The van der Waals surface area contributed by atoms with Gasteiger partial charge in [-0.3, -0.25) is 9.59 Å². The van der Waals surface area contributed by atoms with E-state index in [1.54, 1.807) is 0 Å². The monoisotopic (exact) mass is 414 g/mol. The number of ether oxygens (including phenoxy) is 2. The lowest BCUT2D eigenvalue weighted by Crippen LogP contribution is -2.54. The van der Waals surface area contributed by atoms with E-state index in [1.165, 1.54) is 6.92 Å². The molecule has 4 rings (SSSR count). The van der Waals surface area contributed by atoms with Crippen LogP contribution in [0.1, 0.15) is 71.0 Å². The number of carbonyl (C=O) groups excluding carboxylic acids is 2. The van der Waals surface area contributed by atoms with Gasteiger partial charge in [-0.05, 0) is 45.6 Å². The SMILES string of the molecule is CC(=O)NCCCCCC(=O)N1CC[C@@H]2O[C@@H]3c4ccccc4OC(C)(C)[C@H]3C[C@H]21. The van der Waals surface area contributed by atoms with Crippen LogP contribution >= 0.6 is 0 Å². The summed E-state index contributed by atoms with van der Waals surface area (Å²) >= 11 is 0. The summed E-state index contributed by atoms with van der Waals surface area (Å²) in [7, 11) is 0. The molecule has 164 valence electrons. The smallest absolute Gasteiger partial charge is 0.222 e. The normalized spacial score (nSPS) is 28.7. The highest BCUT2D eigenvalue weighted by molar-refractivity contribution is 5.77. The number of amides is 2. The zero-order valence-electron chi connectivity index (χ0n) is 18.4. The summed E-state index contributed by atoms with van der Waals surface area (Å²) in [5, 5.41) is 2.80. The van der Waals surface area contributed by atoms with Gasteiger partial charge in [0.15, 0.2) is 0 Å². The molecule has 0 aliphatic carbocycles. The molecule has 4 atom stereocenters. The van der Waals surface area contributed by atoms with Crippen LogP contribution in [0.3, 0.4) is 0 Å². The van der Waals surface area contributed by atoms with Crippen molar-refractivity contribution in [3.63, 3.8) is 0 Å². The Bertz CT molecular complexity index is 793. The number of fused-ring (bicyclic) bond motifs is 4. The predicted octanol–water partition coefficient (Wildman–Crippen LogP) is 3.60. The molecule has 0 unspecified atom stereocenters. The lowest BCUT2D eigenvalue weighted by molar-refractivity contribution is -0.167. The number of rotatable bonds is 6. The molecule has 30 heavy (non-hydrogen) atoms. The van der Waals surface area contributed by atoms with Gasteiger partial charge in [0.05, 0.1) is 18.2 Å². The predicted molar refractivity (Wildman–Crippen MR) is 114 cm³/mol. The van der Waals surface area contributed by atoms with Gasteiger partial charge in [-0.1, -0.05) is 24.6 Å². The second-order valence-corrected chi connectivity index (χ2v) is 9.42. The van der Waals surface area contributed by atoms with Gasteiger partial charge in [-0.2, -0.15) is 0 Å². The average molecular weight is 415 g/mol. The van der Waals surface area contributed by atoms with Gasteiger partial charge < -0.3 is 19.7 Å². The standard InChI is InChI=1S/C24H34N2O4/c1-16(27)25-13-8-4-5-11-22(28)26-14-12-21-19(26)15-18-23(29-21)17-9-6-7-10-20(17)30-24(18,2)3/h6-7,9-10,18-19,21,23H,4-5,8,11-15H2,1-3H3,(H,25,27)/t18-,19+,21-,23+/m0/s1. The van der Waals surface area contributed by atoms with E-state index in [1.807, 2.05) is 18.2 Å². The molecule has 1 N–H and O–H groups in total. The van der Waals surface area contributed by atoms with Gasteiger partial charge in [0.1, 0.15) is 11.4 Å². The average Bonchev–Trinajstić information content (AvgIpc) is 3.12. The number of likely N-dealkylation sites (tertiary alicyclic amines) is 1. The van der Waals surface area contributed by atoms with Gasteiger partial charge in [0, 0.05) is 37.9 Å². The molecule has 0 aromatic heterocycles. The minimum absolute atomic E-state index is 0.00188. The molecule has 3 aliphatic heterocycles. The Balaban J connectivity index is 1.36. The Hall–Kier alpha value is -2.08. The zero-order valence-corrected chi connectivity index (χ0v) is 18.4. The molecule has 3 heterocycles. The van der Waals surface area contributed by atoms with Gasteiger partial charge in [-0.15, -0.1) is 0 Å². The molecule has 0 bridgehead atoms. The van der Waals surface area contributed by atoms with Gasteiger partial charge in [-0.25, -0.2) is 0 Å². The van der Waals surface area contributed by atoms with Crippen LogP contribution in [-0.2, 0) is 14.3 Å². The first-order valence-corrected chi connectivity index (χ1v) is 11.3. The molecule has 2 amide bonds. The highest BCUT2D eigenvalue weighted by Crippen LogP contribution is 2.52. The Morgan fingerprint density at radius 2 is 2.00 bits per heavy atom. The number of unbranched alkanes of at least 4 members (excludes halogenated alkanes) is 2. The third-order valence-corrected chi connectivity index (χ3v) is 6.92. The number of hydrogen-bond acceptors (Lipinski definition) is 4. The number of carbonyl (C=O) groups is 2. The van der Waals surface area contributed by atoms with E-state index in [-0.39, 0.29) is 41.6 Å². The van der Waals surface area contributed by atoms with Crippen molar-refractivity contribution >= 4 is 11.8 Å². The maximum atomic E-state index is 12.9. The Morgan fingerprint density at radius 3 is 2.80 bits per heavy atom. The van der Waals surface area contributed by atoms with E-state index in [9.17, 15) is 9.59 Å². The van der Waals surface area contributed by atoms with Crippen molar-refractivity contribution in [1.82, 2.24) is 10.2 Å². The van der Waals surface area contributed by atoms with Crippen molar-refractivity contribution in [3.05, 3.63) is 29.8 Å². The first-order chi connectivity index (χ1) is 14.4. The summed E-state index contributed by atoms with van der Waals surface area (Å²) < 4.78 is 13.0. The van der Waals surface area contributed by atoms with Gasteiger partial charge in [0.2, 0.25) is 11.8 Å². The molecule has 2 saturated heterocycles. The molecule has 0 radical (unpaired) electrons. The van der Waals surface area contributed by atoms with Crippen LogP contribution in [-0.4, -0.2) is 47.6 Å². The molecular weight excluding hydrogens is 380 g/mol. The largest absolute Gasteiger partial charge is 0.487 e. The van der Waals surface area contributed by atoms with E-state index in [2.05, 4.69) is 30.1 Å². The minimum atomic E-state index is -0.328. The molecule has 0 saturated carbocycles. The molecule has 0 spiro atoms. The maximum absolute atomic E-state index is 12.9. The van der Waals surface area contributed by atoms with E-state index in [4.69, 9.17) is 9.47 Å². The van der Waals surface area contributed by atoms with Crippen LogP contribution < -0.4 is 10.1 Å². The topological polar surface area (TPSA) is 67.9 Å². The third kappa shape index (κ3) is 4.20. The number of para-hydroxylation sites is 1. The third-order valence-electron chi connectivity index (χ3n) is 6.92. The molecule has 3 aliphatic rings. The summed E-state index contributed by atoms with van der Waals surface area (Å²) in [6, 6.07) is 8.34. The molecule has 1 aromatic carbocycles. The van der Waals surface area contributed by atoms with Crippen LogP contribution in [0.15, 0.2) is 24.3 Å². The second kappa shape index (κ2) is 8.58. The van der Waals surface area contributed by atoms with Crippen molar-refractivity contribution in [2.45, 2.75) is 83.1 Å². The Kier molecular flexibility index (Phi) is 6.05. The van der Waals surface area contributed by atoms with E-state index in [0.29, 0.717) is 13.0 Å². The molecule has 1 aromatic rings. The summed E-state index contributed by atoms with van der Waals surface area (Å²) in [5.74, 6) is 1.38.